The number of hydrogen-bond donors (Lipinski definition) is 1. The van der Waals surface area contributed by atoms with Crippen molar-refractivity contribution in [2.75, 3.05) is 6.50 Å². The maximum atomic E-state index is 8.28. The summed E-state index contributed by atoms with van der Waals surface area (Å²) in [5.74, 6) is -1.15. The molecule has 0 radical (unpaired) electrons. The Morgan fingerprint density at radius 2 is 2.57 bits per heavy atom. The summed E-state index contributed by atoms with van der Waals surface area (Å²) in [5.41, 5.74) is 0.993. The van der Waals surface area contributed by atoms with Gasteiger partial charge in [-0.25, -0.2) is 0 Å². The second-order valence-electron chi connectivity index (χ2n) is 3.44. The first-order valence-electron chi connectivity index (χ1n) is 7.50. The lowest BCUT2D eigenvalue weighted by atomic mass is 9.91. The Morgan fingerprint density at radius 3 is 3.36 bits per heavy atom. The second-order valence-corrected chi connectivity index (χ2v) is 3.87. The zero-order valence-electron chi connectivity index (χ0n) is 13.9. The van der Waals surface area contributed by atoms with Crippen molar-refractivity contribution < 1.29 is 8.22 Å². The Bertz CT molecular complexity index is 525. The molecule has 14 heavy (non-hydrogen) atoms. The van der Waals surface area contributed by atoms with E-state index < -0.39 is 25.3 Å². The average molecular weight is 216 g/mol. The molecule has 1 aromatic carbocycles. The number of nitrogens with one attached hydrogen (secondary N) is 1. The minimum Gasteiger partial charge on any atom is -0.313 e. The third-order valence-corrected chi connectivity index (χ3v) is 2.65. The SMILES string of the molecule is [2H]C1([2H])Cc2ccc(Cl)cc2[C@@H](C([2H])([2H])[2H])C([2H])(C)N1. The lowest BCUT2D eigenvalue weighted by molar-refractivity contribution is 0.502. The minimum absolute atomic E-state index is 0.000548. The average Bonchev–Trinajstić information content (AvgIpc) is 2.24. The van der Waals surface area contributed by atoms with Gasteiger partial charge in [-0.15, -0.1) is 0 Å². The van der Waals surface area contributed by atoms with Gasteiger partial charge in [0.05, 0.1) is 0 Å². The predicted molar refractivity (Wildman–Crippen MR) is 61.0 cm³/mol. The van der Waals surface area contributed by atoms with Crippen molar-refractivity contribution in [2.45, 2.75) is 32.1 Å². The Kier molecular flexibility index (Phi) is 1.40. The standard InChI is InChI=1S/C12H16ClN/c1-8-9(2)14-6-5-10-3-4-11(13)7-12(8)10/h3-4,7-9,14H,5-6H2,1-2H3/t8-,9?/m0/s1/i1D3,6D2,9D. The summed E-state index contributed by atoms with van der Waals surface area (Å²) in [6.07, 6.45) is 0.000548. The van der Waals surface area contributed by atoms with E-state index in [-0.39, 0.29) is 6.42 Å². The van der Waals surface area contributed by atoms with Crippen LogP contribution in [0.4, 0.5) is 0 Å². The van der Waals surface area contributed by atoms with Crippen LogP contribution < -0.4 is 5.32 Å². The van der Waals surface area contributed by atoms with E-state index in [1.165, 1.54) is 13.0 Å². The van der Waals surface area contributed by atoms with E-state index in [9.17, 15) is 0 Å². The van der Waals surface area contributed by atoms with Crippen molar-refractivity contribution >= 4 is 11.6 Å². The Labute approximate surface area is 98.9 Å². The fourth-order valence-electron chi connectivity index (χ4n) is 1.58. The van der Waals surface area contributed by atoms with Crippen molar-refractivity contribution in [2.24, 2.45) is 0 Å². The number of hydrogen-bond acceptors (Lipinski definition) is 1. The predicted octanol–water partition coefficient (Wildman–Crippen LogP) is 2.98. The van der Waals surface area contributed by atoms with E-state index in [1.807, 2.05) is 0 Å². The Morgan fingerprint density at radius 1 is 1.71 bits per heavy atom. The number of fused-ring (bicyclic) bond motifs is 1. The second kappa shape index (κ2) is 3.92. The molecule has 2 rings (SSSR count). The van der Waals surface area contributed by atoms with Crippen LogP contribution in [-0.2, 0) is 6.42 Å². The number of halogens is 1. The fraction of sp³-hybridized carbons (Fsp3) is 0.500. The van der Waals surface area contributed by atoms with Crippen molar-refractivity contribution in [3.05, 3.63) is 34.3 Å². The van der Waals surface area contributed by atoms with E-state index in [0.29, 0.717) is 16.1 Å². The van der Waals surface area contributed by atoms with E-state index >= 15 is 0 Å². The van der Waals surface area contributed by atoms with E-state index in [2.05, 4.69) is 5.32 Å². The highest BCUT2D eigenvalue weighted by Gasteiger charge is 2.20. The molecule has 0 bridgehead atoms. The molecule has 1 N–H and O–H groups in total. The summed E-state index contributed by atoms with van der Waals surface area (Å²) in [6, 6.07) is 3.12. The van der Waals surface area contributed by atoms with Gasteiger partial charge in [-0.2, -0.15) is 0 Å². The minimum atomic E-state index is -2.43. The van der Waals surface area contributed by atoms with Crippen LogP contribution >= 0.6 is 11.6 Å². The third kappa shape index (κ3) is 1.79. The summed E-state index contributed by atoms with van der Waals surface area (Å²) in [7, 11) is 0. The quantitative estimate of drug-likeness (QED) is 0.702. The van der Waals surface area contributed by atoms with Gasteiger partial charge in [-0.05, 0) is 49.0 Å². The summed E-state index contributed by atoms with van der Waals surface area (Å²) in [5, 5.41) is 2.90. The van der Waals surface area contributed by atoms with Crippen LogP contribution in [0.2, 0.25) is 5.02 Å². The molecule has 2 atom stereocenters. The van der Waals surface area contributed by atoms with Crippen molar-refractivity contribution in [3.63, 3.8) is 0 Å². The van der Waals surface area contributed by atoms with Crippen LogP contribution in [0.15, 0.2) is 18.2 Å². The van der Waals surface area contributed by atoms with Gasteiger partial charge in [0.15, 0.2) is 0 Å². The molecular weight excluding hydrogens is 194 g/mol. The molecule has 1 aliphatic rings. The molecule has 0 aromatic heterocycles. The zero-order valence-corrected chi connectivity index (χ0v) is 8.65. The number of benzene rings is 1. The van der Waals surface area contributed by atoms with E-state index in [1.54, 1.807) is 12.1 Å². The molecule has 0 amide bonds. The summed E-state index contributed by atoms with van der Waals surface area (Å²) in [6.45, 7) is -2.89. The first kappa shape index (κ1) is 5.00. The smallest absolute Gasteiger partial charge is 0.0468 e. The topological polar surface area (TPSA) is 12.0 Å². The van der Waals surface area contributed by atoms with Gasteiger partial charge >= 0.3 is 0 Å². The molecule has 0 saturated heterocycles. The Balaban J connectivity index is 2.69. The van der Waals surface area contributed by atoms with Crippen LogP contribution in [-0.4, -0.2) is 12.5 Å². The maximum absolute atomic E-state index is 8.28. The first-order valence-corrected chi connectivity index (χ1v) is 4.88. The van der Waals surface area contributed by atoms with E-state index in [4.69, 9.17) is 19.8 Å². The number of rotatable bonds is 0. The zero-order chi connectivity index (χ0) is 15.3. The molecule has 1 unspecified atom stereocenters. The highest BCUT2D eigenvalue weighted by atomic mass is 35.5. The molecular formula is C12H16ClN. The van der Waals surface area contributed by atoms with Gasteiger partial charge in [-0.3, -0.25) is 0 Å². The monoisotopic (exact) mass is 215 g/mol. The maximum Gasteiger partial charge on any atom is 0.0468 e. The van der Waals surface area contributed by atoms with Crippen molar-refractivity contribution in [3.8, 4) is 0 Å². The van der Waals surface area contributed by atoms with Crippen LogP contribution in [0, 0.1) is 0 Å². The molecule has 2 heteroatoms. The lowest BCUT2D eigenvalue weighted by Crippen LogP contribution is -2.29. The molecule has 1 heterocycles. The summed E-state index contributed by atoms with van der Waals surface area (Å²) >= 11 is 5.95. The number of aryl methyl sites for hydroxylation is 1. The molecule has 0 aliphatic carbocycles. The highest BCUT2D eigenvalue weighted by molar-refractivity contribution is 6.30. The van der Waals surface area contributed by atoms with Gasteiger partial charge < -0.3 is 5.32 Å². The molecule has 1 aliphatic heterocycles. The highest BCUT2D eigenvalue weighted by Crippen LogP contribution is 2.28. The van der Waals surface area contributed by atoms with Crippen LogP contribution in [0.25, 0.3) is 0 Å². The van der Waals surface area contributed by atoms with Crippen LogP contribution in [0.5, 0.6) is 0 Å². The molecule has 1 nitrogen and oxygen atoms in total. The normalized spacial score (nSPS) is 42.9. The molecule has 0 spiro atoms. The van der Waals surface area contributed by atoms with Crippen molar-refractivity contribution in [1.29, 1.82) is 0 Å². The molecule has 76 valence electrons. The Hall–Kier alpha value is -0.530. The van der Waals surface area contributed by atoms with Crippen LogP contribution in [0.1, 0.15) is 39.0 Å². The van der Waals surface area contributed by atoms with Gasteiger partial charge in [0.1, 0.15) is 0 Å². The van der Waals surface area contributed by atoms with Gasteiger partial charge in [0.2, 0.25) is 0 Å². The van der Waals surface area contributed by atoms with Gasteiger partial charge in [0, 0.05) is 19.3 Å². The summed E-state index contributed by atoms with van der Waals surface area (Å²) < 4.78 is 47.3. The largest absolute Gasteiger partial charge is 0.313 e. The molecule has 0 saturated carbocycles. The fourth-order valence-corrected chi connectivity index (χ4v) is 1.76. The summed E-state index contributed by atoms with van der Waals surface area (Å²) in [4.78, 5) is 0. The molecule has 1 aromatic rings. The van der Waals surface area contributed by atoms with Crippen LogP contribution in [0.3, 0.4) is 0 Å². The lowest BCUT2D eigenvalue weighted by Gasteiger charge is -2.19. The van der Waals surface area contributed by atoms with Gasteiger partial charge in [0.25, 0.3) is 0 Å². The van der Waals surface area contributed by atoms with Crippen molar-refractivity contribution in [1.82, 2.24) is 5.32 Å². The molecule has 0 fully saturated rings. The van der Waals surface area contributed by atoms with Gasteiger partial charge in [-0.1, -0.05) is 24.5 Å². The third-order valence-electron chi connectivity index (χ3n) is 2.42. The van der Waals surface area contributed by atoms with E-state index in [0.717, 1.165) is 0 Å². The first-order chi connectivity index (χ1) is 8.92.